The zero-order chi connectivity index (χ0) is 19.4. The van der Waals surface area contributed by atoms with E-state index in [0.717, 1.165) is 26.0 Å². The first kappa shape index (κ1) is 19.6. The lowest BCUT2D eigenvalue weighted by Gasteiger charge is -2.18. The number of rotatable bonds is 6. The van der Waals surface area contributed by atoms with E-state index in [0.29, 0.717) is 18.7 Å². The van der Waals surface area contributed by atoms with Crippen LogP contribution in [0, 0.1) is 0 Å². The zero-order valence-electron chi connectivity index (χ0n) is 15.0. The standard InChI is InChI=1S/C20H19Br2N3O2/c1-24(12-18-17(22)11-23-25(18)2)20(26)15-7-5-6-14(10-15)13-27-19-9-4-3-8-16(19)21/h3-11H,12-13H2,1-2H3. The van der Waals surface area contributed by atoms with E-state index in [1.54, 1.807) is 22.8 Å². The van der Waals surface area contributed by atoms with Crippen molar-refractivity contribution in [3.05, 3.63) is 80.5 Å². The first-order valence-corrected chi connectivity index (χ1v) is 9.92. The molecule has 7 heteroatoms. The summed E-state index contributed by atoms with van der Waals surface area (Å²) in [6.07, 6.45) is 1.73. The van der Waals surface area contributed by atoms with E-state index in [2.05, 4.69) is 37.0 Å². The van der Waals surface area contributed by atoms with Gasteiger partial charge in [-0.05, 0) is 61.7 Å². The van der Waals surface area contributed by atoms with Crippen molar-refractivity contribution in [3.63, 3.8) is 0 Å². The van der Waals surface area contributed by atoms with Crippen LogP contribution < -0.4 is 4.74 Å². The third-order valence-corrected chi connectivity index (χ3v) is 5.47. The number of hydrogen-bond acceptors (Lipinski definition) is 3. The van der Waals surface area contributed by atoms with Crippen LogP contribution in [0.4, 0.5) is 0 Å². The molecule has 2 aromatic carbocycles. The number of aryl methyl sites for hydroxylation is 1. The highest BCUT2D eigenvalue weighted by molar-refractivity contribution is 9.10. The van der Waals surface area contributed by atoms with Crippen LogP contribution in [-0.2, 0) is 20.2 Å². The molecule has 0 aliphatic carbocycles. The topological polar surface area (TPSA) is 47.4 Å². The number of benzene rings is 2. The predicted molar refractivity (Wildman–Crippen MR) is 112 cm³/mol. The first-order chi connectivity index (χ1) is 13.0. The summed E-state index contributed by atoms with van der Waals surface area (Å²) >= 11 is 6.94. The van der Waals surface area contributed by atoms with Gasteiger partial charge in [-0.1, -0.05) is 24.3 Å². The lowest BCUT2D eigenvalue weighted by molar-refractivity contribution is 0.0781. The summed E-state index contributed by atoms with van der Waals surface area (Å²) < 4.78 is 9.40. The van der Waals surface area contributed by atoms with Crippen LogP contribution in [0.1, 0.15) is 21.6 Å². The normalized spacial score (nSPS) is 10.7. The minimum atomic E-state index is -0.0501. The number of amides is 1. The molecule has 0 N–H and O–H groups in total. The van der Waals surface area contributed by atoms with Crippen molar-refractivity contribution >= 4 is 37.8 Å². The molecule has 3 aromatic rings. The Hall–Kier alpha value is -2.12. The van der Waals surface area contributed by atoms with Gasteiger partial charge in [0, 0.05) is 19.7 Å². The van der Waals surface area contributed by atoms with E-state index in [1.807, 2.05) is 55.6 Å². The van der Waals surface area contributed by atoms with Crippen molar-refractivity contribution in [1.82, 2.24) is 14.7 Å². The van der Waals surface area contributed by atoms with Crippen LogP contribution >= 0.6 is 31.9 Å². The summed E-state index contributed by atoms with van der Waals surface area (Å²) in [5.74, 6) is 0.721. The van der Waals surface area contributed by atoms with Crippen LogP contribution in [0.15, 0.2) is 63.7 Å². The number of para-hydroxylation sites is 1. The molecule has 0 bridgehead atoms. The van der Waals surface area contributed by atoms with E-state index in [-0.39, 0.29) is 5.91 Å². The minimum Gasteiger partial charge on any atom is -0.488 e. The molecule has 0 unspecified atom stereocenters. The molecule has 3 rings (SSSR count). The van der Waals surface area contributed by atoms with E-state index in [9.17, 15) is 4.79 Å². The summed E-state index contributed by atoms with van der Waals surface area (Å²) in [6.45, 7) is 0.855. The lowest BCUT2D eigenvalue weighted by Crippen LogP contribution is -2.27. The highest BCUT2D eigenvalue weighted by Gasteiger charge is 2.16. The summed E-state index contributed by atoms with van der Waals surface area (Å²) in [4.78, 5) is 14.5. The molecular formula is C20H19Br2N3O2. The zero-order valence-corrected chi connectivity index (χ0v) is 18.2. The molecule has 1 amide bonds. The number of halogens is 2. The molecule has 0 fully saturated rings. The van der Waals surface area contributed by atoms with Crippen LogP contribution in [0.2, 0.25) is 0 Å². The molecule has 140 valence electrons. The van der Waals surface area contributed by atoms with Gasteiger partial charge in [-0.15, -0.1) is 0 Å². The van der Waals surface area contributed by atoms with Crippen LogP contribution in [0.3, 0.4) is 0 Å². The Morgan fingerprint density at radius 1 is 1.15 bits per heavy atom. The molecule has 1 heterocycles. The third kappa shape index (κ3) is 4.78. The van der Waals surface area contributed by atoms with Gasteiger partial charge in [0.2, 0.25) is 0 Å². The third-order valence-electron chi connectivity index (χ3n) is 4.15. The molecule has 1 aromatic heterocycles. The maximum atomic E-state index is 12.8. The molecule has 0 atom stereocenters. The van der Waals surface area contributed by atoms with Crippen LogP contribution in [0.25, 0.3) is 0 Å². The highest BCUT2D eigenvalue weighted by Crippen LogP contribution is 2.25. The summed E-state index contributed by atoms with van der Waals surface area (Å²) in [7, 11) is 3.64. The summed E-state index contributed by atoms with van der Waals surface area (Å²) in [6, 6.07) is 15.2. The number of carbonyl (C=O) groups is 1. The van der Waals surface area contributed by atoms with E-state index in [4.69, 9.17) is 4.74 Å². The van der Waals surface area contributed by atoms with Crippen molar-refractivity contribution in [3.8, 4) is 5.75 Å². The Bertz CT molecular complexity index is 936. The molecule has 0 spiro atoms. The van der Waals surface area contributed by atoms with Crippen molar-refractivity contribution in [2.24, 2.45) is 7.05 Å². The monoisotopic (exact) mass is 491 g/mol. The Morgan fingerprint density at radius 2 is 1.93 bits per heavy atom. The van der Waals surface area contributed by atoms with Crippen molar-refractivity contribution in [2.75, 3.05) is 7.05 Å². The summed E-state index contributed by atoms with van der Waals surface area (Å²) in [5.41, 5.74) is 2.51. The molecule has 0 saturated carbocycles. The second kappa shape index (κ2) is 8.71. The Kier molecular flexibility index (Phi) is 6.34. The maximum absolute atomic E-state index is 12.8. The molecule has 27 heavy (non-hydrogen) atoms. The average Bonchev–Trinajstić information content (AvgIpc) is 2.99. The molecule has 0 saturated heterocycles. The van der Waals surface area contributed by atoms with Gasteiger partial charge in [-0.2, -0.15) is 5.10 Å². The van der Waals surface area contributed by atoms with E-state index >= 15 is 0 Å². The van der Waals surface area contributed by atoms with Gasteiger partial charge >= 0.3 is 0 Å². The number of nitrogens with zero attached hydrogens (tertiary/aromatic N) is 3. The molecular weight excluding hydrogens is 474 g/mol. The molecule has 5 nitrogen and oxygen atoms in total. The van der Waals surface area contributed by atoms with E-state index < -0.39 is 0 Å². The van der Waals surface area contributed by atoms with Gasteiger partial charge in [0.1, 0.15) is 12.4 Å². The maximum Gasteiger partial charge on any atom is 0.253 e. The Balaban J connectivity index is 1.69. The van der Waals surface area contributed by atoms with Crippen molar-refractivity contribution < 1.29 is 9.53 Å². The molecule has 0 aliphatic heterocycles. The number of carbonyl (C=O) groups excluding carboxylic acids is 1. The largest absolute Gasteiger partial charge is 0.488 e. The molecule has 0 radical (unpaired) electrons. The predicted octanol–water partition coefficient (Wildman–Crippen LogP) is 4.80. The van der Waals surface area contributed by atoms with Crippen molar-refractivity contribution in [1.29, 1.82) is 0 Å². The summed E-state index contributed by atoms with van der Waals surface area (Å²) in [5, 5.41) is 4.19. The van der Waals surface area contributed by atoms with E-state index in [1.165, 1.54) is 0 Å². The average molecular weight is 493 g/mol. The Morgan fingerprint density at radius 3 is 2.63 bits per heavy atom. The van der Waals surface area contributed by atoms with Gasteiger partial charge < -0.3 is 9.64 Å². The second-order valence-electron chi connectivity index (χ2n) is 6.14. The van der Waals surface area contributed by atoms with Crippen LogP contribution in [-0.4, -0.2) is 27.6 Å². The quantitative estimate of drug-likeness (QED) is 0.496. The lowest BCUT2D eigenvalue weighted by atomic mass is 10.1. The van der Waals surface area contributed by atoms with Gasteiger partial charge in [-0.3, -0.25) is 9.48 Å². The van der Waals surface area contributed by atoms with Gasteiger partial charge in [0.25, 0.3) is 5.91 Å². The highest BCUT2D eigenvalue weighted by atomic mass is 79.9. The number of hydrogen-bond donors (Lipinski definition) is 0. The van der Waals surface area contributed by atoms with Gasteiger partial charge in [0.05, 0.1) is 27.4 Å². The number of ether oxygens (including phenoxy) is 1. The Labute approximate surface area is 175 Å². The molecule has 0 aliphatic rings. The fraction of sp³-hybridized carbons (Fsp3) is 0.200. The van der Waals surface area contributed by atoms with Crippen LogP contribution in [0.5, 0.6) is 5.75 Å². The minimum absolute atomic E-state index is 0.0501. The number of aromatic nitrogens is 2. The first-order valence-electron chi connectivity index (χ1n) is 8.34. The van der Waals surface area contributed by atoms with Crippen molar-refractivity contribution in [2.45, 2.75) is 13.2 Å². The smallest absolute Gasteiger partial charge is 0.253 e. The fourth-order valence-corrected chi connectivity index (χ4v) is 3.52. The second-order valence-corrected chi connectivity index (χ2v) is 7.85. The van der Waals surface area contributed by atoms with Gasteiger partial charge in [0.15, 0.2) is 0 Å². The SMILES string of the molecule is CN(Cc1c(Br)cnn1C)C(=O)c1cccc(COc2ccccc2Br)c1. The van der Waals surface area contributed by atoms with Gasteiger partial charge in [-0.25, -0.2) is 0 Å². The fourth-order valence-electron chi connectivity index (χ4n) is 2.65.